The van der Waals surface area contributed by atoms with E-state index in [9.17, 15) is 4.79 Å². The summed E-state index contributed by atoms with van der Waals surface area (Å²) >= 11 is 0. The van der Waals surface area contributed by atoms with Crippen LogP contribution >= 0.6 is 0 Å². The molecule has 19 heavy (non-hydrogen) atoms. The number of nitrogens with zero attached hydrogens (tertiary/aromatic N) is 3. The fourth-order valence-corrected chi connectivity index (χ4v) is 2.09. The third-order valence-electron chi connectivity index (χ3n) is 2.93. The maximum absolute atomic E-state index is 12.6. The van der Waals surface area contributed by atoms with Gasteiger partial charge in [0.2, 0.25) is 11.8 Å². The van der Waals surface area contributed by atoms with Crippen LogP contribution in [0.4, 0.5) is 5.69 Å². The molecule has 3 heterocycles. The zero-order chi connectivity index (χ0) is 13.2. The highest BCUT2D eigenvalue weighted by Crippen LogP contribution is 2.35. The van der Waals surface area contributed by atoms with Crippen molar-refractivity contribution in [1.82, 2.24) is 9.97 Å². The SMILES string of the molecule is CCCN1C(=O)c2cccnc2Oc2ncccc21. The van der Waals surface area contributed by atoms with Gasteiger partial charge in [-0.05, 0) is 30.7 Å². The van der Waals surface area contributed by atoms with Crippen molar-refractivity contribution in [3.63, 3.8) is 0 Å². The van der Waals surface area contributed by atoms with E-state index in [0.717, 1.165) is 6.42 Å². The minimum Gasteiger partial charge on any atom is -0.418 e. The molecule has 0 aromatic carbocycles. The van der Waals surface area contributed by atoms with E-state index in [2.05, 4.69) is 9.97 Å². The number of carbonyl (C=O) groups excluding carboxylic acids is 1. The molecule has 0 saturated heterocycles. The van der Waals surface area contributed by atoms with E-state index in [1.807, 2.05) is 13.0 Å². The van der Waals surface area contributed by atoms with Crippen LogP contribution in [0, 0.1) is 0 Å². The highest BCUT2D eigenvalue weighted by Gasteiger charge is 2.28. The molecule has 5 nitrogen and oxygen atoms in total. The fraction of sp³-hybridized carbons (Fsp3) is 0.214. The third kappa shape index (κ3) is 1.93. The molecular weight excluding hydrogens is 242 g/mol. The molecule has 2 aromatic rings. The number of ether oxygens (including phenoxy) is 1. The summed E-state index contributed by atoms with van der Waals surface area (Å²) < 4.78 is 5.66. The number of pyridine rings is 2. The summed E-state index contributed by atoms with van der Waals surface area (Å²) in [4.78, 5) is 22.6. The number of rotatable bonds is 2. The van der Waals surface area contributed by atoms with Gasteiger partial charge in [0, 0.05) is 18.9 Å². The molecule has 0 spiro atoms. The molecule has 0 atom stereocenters. The van der Waals surface area contributed by atoms with Gasteiger partial charge >= 0.3 is 0 Å². The minimum absolute atomic E-state index is 0.100. The summed E-state index contributed by atoms with van der Waals surface area (Å²) in [6.45, 7) is 2.65. The maximum atomic E-state index is 12.6. The third-order valence-corrected chi connectivity index (χ3v) is 2.93. The lowest BCUT2D eigenvalue weighted by Gasteiger charge is -2.20. The van der Waals surface area contributed by atoms with E-state index in [4.69, 9.17) is 4.74 Å². The van der Waals surface area contributed by atoms with E-state index in [-0.39, 0.29) is 5.91 Å². The van der Waals surface area contributed by atoms with Gasteiger partial charge in [0.05, 0.1) is 0 Å². The van der Waals surface area contributed by atoms with Gasteiger partial charge < -0.3 is 9.64 Å². The molecule has 1 amide bonds. The lowest BCUT2D eigenvalue weighted by Crippen LogP contribution is -2.31. The number of aromatic nitrogens is 2. The predicted molar refractivity (Wildman–Crippen MR) is 70.5 cm³/mol. The summed E-state index contributed by atoms with van der Waals surface area (Å²) in [7, 11) is 0. The van der Waals surface area contributed by atoms with Crippen LogP contribution in [0.25, 0.3) is 0 Å². The molecule has 0 fully saturated rings. The van der Waals surface area contributed by atoms with Crippen molar-refractivity contribution in [3.05, 3.63) is 42.2 Å². The molecule has 96 valence electrons. The van der Waals surface area contributed by atoms with Gasteiger partial charge in [-0.2, -0.15) is 0 Å². The summed E-state index contributed by atoms with van der Waals surface area (Å²) in [6, 6.07) is 7.08. The van der Waals surface area contributed by atoms with Crippen molar-refractivity contribution in [2.75, 3.05) is 11.4 Å². The zero-order valence-electron chi connectivity index (χ0n) is 10.5. The lowest BCUT2D eigenvalue weighted by atomic mass is 10.2. The van der Waals surface area contributed by atoms with Crippen molar-refractivity contribution in [2.24, 2.45) is 0 Å². The molecule has 2 aromatic heterocycles. The normalized spacial score (nSPS) is 13.3. The summed E-state index contributed by atoms with van der Waals surface area (Å²) in [5, 5.41) is 0. The van der Waals surface area contributed by atoms with Crippen LogP contribution in [0.1, 0.15) is 23.7 Å². The quantitative estimate of drug-likeness (QED) is 0.827. The Labute approximate surface area is 110 Å². The number of fused-ring (bicyclic) bond motifs is 2. The largest absolute Gasteiger partial charge is 0.418 e. The summed E-state index contributed by atoms with van der Waals surface area (Å²) in [6.07, 6.45) is 4.10. The van der Waals surface area contributed by atoms with Crippen molar-refractivity contribution in [1.29, 1.82) is 0 Å². The molecule has 0 saturated carbocycles. The number of carbonyl (C=O) groups is 1. The van der Waals surface area contributed by atoms with Gasteiger partial charge in [-0.25, -0.2) is 9.97 Å². The Balaban J connectivity index is 2.18. The molecule has 1 aliphatic heterocycles. The monoisotopic (exact) mass is 255 g/mol. The molecule has 5 heteroatoms. The number of anilines is 1. The van der Waals surface area contributed by atoms with Crippen molar-refractivity contribution < 1.29 is 9.53 Å². The maximum Gasteiger partial charge on any atom is 0.263 e. The Morgan fingerprint density at radius 3 is 2.68 bits per heavy atom. The number of hydrogen-bond donors (Lipinski definition) is 0. The average molecular weight is 255 g/mol. The van der Waals surface area contributed by atoms with E-state index in [1.54, 1.807) is 35.5 Å². The van der Waals surface area contributed by atoms with E-state index in [0.29, 0.717) is 29.6 Å². The van der Waals surface area contributed by atoms with Crippen LogP contribution < -0.4 is 9.64 Å². The van der Waals surface area contributed by atoms with Crippen LogP contribution in [0.15, 0.2) is 36.7 Å². The Kier molecular flexibility index (Phi) is 2.87. The molecular formula is C14H13N3O2. The Bertz CT molecular complexity index is 628. The van der Waals surface area contributed by atoms with E-state index >= 15 is 0 Å². The smallest absolute Gasteiger partial charge is 0.263 e. The first-order chi connectivity index (χ1) is 9.31. The molecule has 3 rings (SSSR count). The first kappa shape index (κ1) is 11.6. The van der Waals surface area contributed by atoms with Gasteiger partial charge in [0.25, 0.3) is 5.91 Å². The predicted octanol–water partition coefficient (Wildman–Crippen LogP) is 2.64. The molecule has 0 radical (unpaired) electrons. The topological polar surface area (TPSA) is 55.3 Å². The molecule has 0 N–H and O–H groups in total. The second kappa shape index (κ2) is 4.68. The second-order valence-corrected chi connectivity index (χ2v) is 4.24. The fourth-order valence-electron chi connectivity index (χ4n) is 2.09. The minimum atomic E-state index is -0.100. The average Bonchev–Trinajstić information content (AvgIpc) is 2.56. The van der Waals surface area contributed by atoms with Crippen LogP contribution in [0.2, 0.25) is 0 Å². The highest BCUT2D eigenvalue weighted by molar-refractivity contribution is 6.09. The van der Waals surface area contributed by atoms with Crippen LogP contribution in [-0.2, 0) is 0 Å². The van der Waals surface area contributed by atoms with Crippen LogP contribution in [-0.4, -0.2) is 22.4 Å². The molecule has 0 unspecified atom stereocenters. The van der Waals surface area contributed by atoms with Gasteiger partial charge in [-0.1, -0.05) is 6.92 Å². The van der Waals surface area contributed by atoms with E-state index in [1.165, 1.54) is 0 Å². The first-order valence-electron chi connectivity index (χ1n) is 6.21. The summed E-state index contributed by atoms with van der Waals surface area (Å²) in [5.74, 6) is 0.629. The number of amides is 1. The second-order valence-electron chi connectivity index (χ2n) is 4.24. The van der Waals surface area contributed by atoms with Gasteiger partial charge in [0.15, 0.2) is 0 Å². The van der Waals surface area contributed by atoms with Crippen molar-refractivity contribution in [2.45, 2.75) is 13.3 Å². The van der Waals surface area contributed by atoms with Gasteiger partial charge in [-0.15, -0.1) is 0 Å². The lowest BCUT2D eigenvalue weighted by molar-refractivity contribution is 0.0986. The van der Waals surface area contributed by atoms with Crippen molar-refractivity contribution >= 4 is 11.6 Å². The van der Waals surface area contributed by atoms with Gasteiger partial charge in [-0.3, -0.25) is 4.79 Å². The molecule has 1 aliphatic rings. The number of hydrogen-bond acceptors (Lipinski definition) is 4. The Morgan fingerprint density at radius 2 is 1.89 bits per heavy atom. The Morgan fingerprint density at radius 1 is 1.16 bits per heavy atom. The van der Waals surface area contributed by atoms with Crippen molar-refractivity contribution in [3.8, 4) is 11.8 Å². The zero-order valence-corrected chi connectivity index (χ0v) is 10.5. The standard InChI is InChI=1S/C14H13N3O2/c1-2-9-17-11-6-4-8-16-13(11)19-12-10(14(17)18)5-3-7-15-12/h3-8H,2,9H2,1H3. The Hall–Kier alpha value is -2.43. The summed E-state index contributed by atoms with van der Waals surface area (Å²) in [5.41, 5.74) is 1.15. The first-order valence-corrected chi connectivity index (χ1v) is 6.21. The van der Waals surface area contributed by atoms with Crippen LogP contribution in [0.3, 0.4) is 0 Å². The van der Waals surface area contributed by atoms with Gasteiger partial charge in [0.1, 0.15) is 11.3 Å². The highest BCUT2D eigenvalue weighted by atomic mass is 16.5. The molecule has 0 bridgehead atoms. The van der Waals surface area contributed by atoms with Crippen LogP contribution in [0.5, 0.6) is 11.8 Å². The van der Waals surface area contributed by atoms with E-state index < -0.39 is 0 Å². The molecule has 0 aliphatic carbocycles.